The van der Waals surface area contributed by atoms with Crippen molar-refractivity contribution in [1.82, 2.24) is 4.57 Å². The van der Waals surface area contributed by atoms with E-state index >= 15 is 0 Å². The monoisotopic (exact) mass is 187 g/mol. The van der Waals surface area contributed by atoms with E-state index in [1.807, 2.05) is 13.8 Å². The number of hydrogen-bond acceptors (Lipinski definition) is 1. The van der Waals surface area contributed by atoms with Gasteiger partial charge in [-0.15, -0.1) is 0 Å². The molecule has 12 heavy (non-hydrogen) atoms. The van der Waals surface area contributed by atoms with Crippen LogP contribution in [-0.2, 0) is 4.46 Å². The van der Waals surface area contributed by atoms with Crippen LogP contribution in [0.2, 0.25) is 5.54 Å². The Morgan fingerprint density at radius 2 is 1.25 bits per heavy atom. The minimum Gasteiger partial charge on any atom is -0.373 e. The topological polar surface area (TPSA) is 20.3 Å². The summed E-state index contributed by atoms with van der Waals surface area (Å²) in [5.41, 5.74) is 0.291. The van der Waals surface area contributed by atoms with Gasteiger partial charge in [0.2, 0.25) is 0 Å². The van der Waals surface area contributed by atoms with Crippen molar-refractivity contribution in [2.75, 3.05) is 0 Å². The first-order valence-electron chi connectivity index (χ1n) is 4.70. The molecule has 0 aromatic heterocycles. The van der Waals surface area contributed by atoms with Crippen LogP contribution in [0.25, 0.3) is 0 Å². The summed E-state index contributed by atoms with van der Waals surface area (Å²) < 4.78 is 14.0. The van der Waals surface area contributed by atoms with Crippen LogP contribution < -0.4 is 0 Å². The lowest BCUT2D eigenvalue weighted by molar-refractivity contribution is 0.278. The summed E-state index contributed by atoms with van der Waals surface area (Å²) in [5, 5.41) is 0. The Morgan fingerprint density at radius 3 is 1.33 bits per heavy atom. The second kappa shape index (κ2) is 4.75. The number of rotatable bonds is 4. The maximum atomic E-state index is 11.8. The molecule has 0 bridgehead atoms. The highest BCUT2D eigenvalue weighted by molar-refractivity contribution is 6.41. The van der Waals surface area contributed by atoms with Crippen LogP contribution in [0.1, 0.15) is 41.5 Å². The van der Waals surface area contributed by atoms with Crippen LogP contribution in [0.5, 0.6) is 0 Å². The average molecular weight is 187 g/mol. The predicted molar refractivity (Wildman–Crippen MR) is 53.6 cm³/mol. The van der Waals surface area contributed by atoms with Crippen molar-refractivity contribution in [1.29, 1.82) is 0 Å². The maximum absolute atomic E-state index is 11.8. The van der Waals surface area contributed by atoms with Gasteiger partial charge in [0, 0.05) is 17.6 Å². The summed E-state index contributed by atoms with van der Waals surface area (Å²) >= 11 is 0. The summed E-state index contributed by atoms with van der Waals surface area (Å²) in [4.78, 5) is 0. The Balaban J connectivity index is 4.41. The predicted octanol–water partition coefficient (Wildman–Crippen LogP) is 2.43. The van der Waals surface area contributed by atoms with Crippen molar-refractivity contribution in [2.24, 2.45) is 0 Å². The summed E-state index contributed by atoms with van der Waals surface area (Å²) in [5.74, 6) is 0. The fourth-order valence-corrected chi connectivity index (χ4v) is 3.02. The fraction of sp³-hybridized carbons (Fsp3) is 1.00. The molecule has 3 heteroatoms. The Hall–Kier alpha value is -0.183. The molecule has 0 saturated heterocycles. The van der Waals surface area contributed by atoms with Crippen LogP contribution in [0.15, 0.2) is 0 Å². The van der Waals surface area contributed by atoms with Gasteiger partial charge in [-0.2, -0.15) is 0 Å². The third-order valence-electron chi connectivity index (χ3n) is 1.86. The van der Waals surface area contributed by atoms with Gasteiger partial charge in [-0.25, -0.2) is 0 Å². The molecular weight excluding hydrogens is 166 g/mol. The molecule has 0 N–H and O–H groups in total. The van der Waals surface area contributed by atoms with Gasteiger partial charge >= 0.3 is 8.84 Å². The van der Waals surface area contributed by atoms with Gasteiger partial charge < -0.3 is 9.03 Å². The van der Waals surface area contributed by atoms with Crippen LogP contribution >= 0.6 is 0 Å². The Bertz CT molecular complexity index is 147. The summed E-state index contributed by atoms with van der Waals surface area (Å²) in [6.45, 7) is 12.5. The molecule has 2 nitrogen and oxygen atoms in total. The molecule has 72 valence electrons. The Kier molecular flexibility index (Phi) is 4.68. The van der Waals surface area contributed by atoms with Gasteiger partial charge in [0.25, 0.3) is 0 Å². The van der Waals surface area contributed by atoms with Gasteiger partial charge in [-0.1, -0.05) is 13.8 Å². The van der Waals surface area contributed by atoms with E-state index in [2.05, 4.69) is 32.3 Å². The highest BCUT2D eigenvalue weighted by atomic mass is 28.3. The quantitative estimate of drug-likeness (QED) is 0.630. The molecule has 0 heterocycles. The molecule has 0 aliphatic heterocycles. The third kappa shape index (κ3) is 3.05. The molecule has 0 saturated carbocycles. The Morgan fingerprint density at radius 1 is 0.917 bits per heavy atom. The van der Waals surface area contributed by atoms with Crippen molar-refractivity contribution in [3.05, 3.63) is 0 Å². The molecular formula is C9H21NOSi. The molecule has 0 unspecified atom stereocenters. The molecule has 0 atom stereocenters. The first-order valence-corrected chi connectivity index (χ1v) is 6.13. The molecule has 0 rings (SSSR count). The van der Waals surface area contributed by atoms with E-state index < -0.39 is 8.84 Å². The Labute approximate surface area is 77.7 Å². The lowest BCUT2D eigenvalue weighted by Crippen LogP contribution is -2.44. The summed E-state index contributed by atoms with van der Waals surface area (Å²) in [7, 11) is -1.56. The molecule has 0 fully saturated rings. The number of nitrogens with zero attached hydrogens (tertiary/aromatic N) is 1. The highest BCUT2D eigenvalue weighted by Gasteiger charge is 2.24. The maximum Gasteiger partial charge on any atom is 0.397 e. The zero-order chi connectivity index (χ0) is 9.89. The molecule has 0 amide bonds. The molecule has 0 aliphatic rings. The van der Waals surface area contributed by atoms with Crippen LogP contribution in [-0.4, -0.2) is 25.5 Å². The summed E-state index contributed by atoms with van der Waals surface area (Å²) in [6.07, 6.45) is 0. The second-order valence-corrected chi connectivity index (χ2v) is 6.44. The summed E-state index contributed by atoms with van der Waals surface area (Å²) in [6, 6.07) is 0.776. The van der Waals surface area contributed by atoms with Gasteiger partial charge in [-0.05, 0) is 27.7 Å². The fourth-order valence-electron chi connectivity index (χ4n) is 1.40. The molecule has 0 aromatic carbocycles. The van der Waals surface area contributed by atoms with E-state index in [1.165, 1.54) is 0 Å². The zero-order valence-electron chi connectivity index (χ0n) is 9.09. The van der Waals surface area contributed by atoms with Crippen molar-refractivity contribution in [2.45, 2.75) is 59.2 Å². The van der Waals surface area contributed by atoms with E-state index in [4.69, 9.17) is 0 Å². The first kappa shape index (κ1) is 11.8. The standard InChI is InChI=1S/C9H21NOSi/c1-7(2)10(8(3)4)12(11)9(5)6/h7-9H,1-6H3. The van der Waals surface area contributed by atoms with Crippen LogP contribution in [0.4, 0.5) is 0 Å². The average Bonchev–Trinajstić information content (AvgIpc) is 1.85. The molecule has 0 spiro atoms. The van der Waals surface area contributed by atoms with Gasteiger partial charge in [-0.3, -0.25) is 0 Å². The van der Waals surface area contributed by atoms with Gasteiger partial charge in [0.15, 0.2) is 0 Å². The second-order valence-electron chi connectivity index (χ2n) is 4.09. The first-order chi connectivity index (χ1) is 5.37. The van der Waals surface area contributed by atoms with Crippen molar-refractivity contribution < 1.29 is 4.46 Å². The lowest BCUT2D eigenvalue weighted by atomic mass is 10.3. The SMILES string of the molecule is CC(C)N(C(C)C)[Si](=O)C(C)C. The lowest BCUT2D eigenvalue weighted by Gasteiger charge is -2.31. The van der Waals surface area contributed by atoms with Crippen LogP contribution in [0.3, 0.4) is 0 Å². The zero-order valence-corrected chi connectivity index (χ0v) is 10.1. The minimum absolute atomic E-state index is 0.291. The van der Waals surface area contributed by atoms with Crippen molar-refractivity contribution in [3.63, 3.8) is 0 Å². The van der Waals surface area contributed by atoms with E-state index in [9.17, 15) is 4.46 Å². The van der Waals surface area contributed by atoms with E-state index in [1.54, 1.807) is 0 Å². The van der Waals surface area contributed by atoms with E-state index in [0.29, 0.717) is 17.6 Å². The van der Waals surface area contributed by atoms with Crippen LogP contribution in [0, 0.1) is 0 Å². The highest BCUT2D eigenvalue weighted by Crippen LogP contribution is 2.12. The normalized spacial score (nSPS) is 11.4. The van der Waals surface area contributed by atoms with Crippen molar-refractivity contribution >= 4 is 8.84 Å². The van der Waals surface area contributed by atoms with E-state index in [-0.39, 0.29) is 0 Å². The molecule has 0 radical (unpaired) electrons. The van der Waals surface area contributed by atoms with Gasteiger partial charge in [0.05, 0.1) is 0 Å². The van der Waals surface area contributed by atoms with E-state index in [0.717, 1.165) is 0 Å². The van der Waals surface area contributed by atoms with Crippen molar-refractivity contribution in [3.8, 4) is 0 Å². The minimum atomic E-state index is -1.56. The number of hydrogen-bond donors (Lipinski definition) is 0. The third-order valence-corrected chi connectivity index (χ3v) is 4.39. The largest absolute Gasteiger partial charge is 0.397 e. The molecule has 0 aromatic rings. The molecule has 0 aliphatic carbocycles. The van der Waals surface area contributed by atoms with Gasteiger partial charge in [0.1, 0.15) is 0 Å². The smallest absolute Gasteiger partial charge is 0.373 e.